The third-order valence-corrected chi connectivity index (χ3v) is 2.20. The Morgan fingerprint density at radius 3 is 2.81 bits per heavy atom. The number of carbonyl (C=O) groups excluding carboxylic acids is 1. The van der Waals surface area contributed by atoms with Gasteiger partial charge in [-0.1, -0.05) is 0 Å². The van der Waals surface area contributed by atoms with E-state index < -0.39 is 12.1 Å². The summed E-state index contributed by atoms with van der Waals surface area (Å²) in [5.41, 5.74) is 0. The van der Waals surface area contributed by atoms with Gasteiger partial charge in [0.25, 0.3) is 0 Å². The number of aliphatic hydroxyl groups is 1. The molecule has 0 spiro atoms. The Bertz CT molecular complexity index is 258. The molecule has 92 valence electrons. The summed E-state index contributed by atoms with van der Waals surface area (Å²) in [4.78, 5) is 21.5. The molecule has 1 aliphatic heterocycles. The van der Waals surface area contributed by atoms with Gasteiger partial charge in [-0.15, -0.1) is 0 Å². The van der Waals surface area contributed by atoms with Gasteiger partial charge in [0.2, 0.25) is 5.91 Å². The Morgan fingerprint density at radius 2 is 2.25 bits per heavy atom. The summed E-state index contributed by atoms with van der Waals surface area (Å²) >= 11 is 0. The molecule has 16 heavy (non-hydrogen) atoms. The lowest BCUT2D eigenvalue weighted by atomic mass is 10.2. The molecule has 1 heterocycles. The zero-order valence-electron chi connectivity index (χ0n) is 8.81. The summed E-state index contributed by atoms with van der Waals surface area (Å²) in [7, 11) is 0. The molecule has 1 aliphatic rings. The molecule has 0 aromatic rings. The third-order valence-electron chi connectivity index (χ3n) is 2.20. The first-order valence-corrected chi connectivity index (χ1v) is 5.08. The van der Waals surface area contributed by atoms with Crippen molar-refractivity contribution in [3.8, 4) is 0 Å². The molecule has 7 heteroatoms. The highest BCUT2D eigenvalue weighted by Gasteiger charge is 2.27. The van der Waals surface area contributed by atoms with Crippen LogP contribution in [-0.4, -0.2) is 60.5 Å². The first kappa shape index (κ1) is 12.9. The molecule has 1 fully saturated rings. The van der Waals surface area contributed by atoms with Crippen molar-refractivity contribution < 1.29 is 24.5 Å². The van der Waals surface area contributed by atoms with Crippen molar-refractivity contribution in [2.45, 2.75) is 18.6 Å². The van der Waals surface area contributed by atoms with Crippen LogP contribution < -0.4 is 10.6 Å². The lowest BCUT2D eigenvalue weighted by Crippen LogP contribution is -2.41. The molecule has 2 unspecified atom stereocenters. The first-order valence-electron chi connectivity index (χ1n) is 5.08. The number of amides is 1. The fraction of sp³-hybridized carbons (Fsp3) is 0.778. The molecule has 2 atom stereocenters. The largest absolute Gasteiger partial charge is 0.480 e. The maximum atomic E-state index is 11.4. The second-order valence-corrected chi connectivity index (χ2v) is 3.59. The van der Waals surface area contributed by atoms with Crippen LogP contribution in [0, 0.1) is 0 Å². The van der Waals surface area contributed by atoms with Crippen molar-refractivity contribution in [3.63, 3.8) is 0 Å². The normalized spacial score (nSPS) is 24.3. The van der Waals surface area contributed by atoms with E-state index in [9.17, 15) is 14.7 Å². The Kier molecular flexibility index (Phi) is 5.17. The van der Waals surface area contributed by atoms with Crippen LogP contribution in [-0.2, 0) is 14.3 Å². The van der Waals surface area contributed by atoms with E-state index in [-0.39, 0.29) is 31.7 Å². The van der Waals surface area contributed by atoms with E-state index >= 15 is 0 Å². The molecule has 0 bridgehead atoms. The van der Waals surface area contributed by atoms with Crippen LogP contribution in [0.15, 0.2) is 0 Å². The second-order valence-electron chi connectivity index (χ2n) is 3.59. The Morgan fingerprint density at radius 1 is 1.50 bits per heavy atom. The predicted octanol–water partition coefficient (Wildman–Crippen LogP) is -2.07. The van der Waals surface area contributed by atoms with E-state index in [1.807, 2.05) is 0 Å². The highest BCUT2D eigenvalue weighted by Crippen LogP contribution is 2.05. The minimum absolute atomic E-state index is 0.160. The molecule has 4 N–H and O–H groups in total. The van der Waals surface area contributed by atoms with Gasteiger partial charge in [-0.2, -0.15) is 0 Å². The zero-order chi connectivity index (χ0) is 12.0. The number of carboxylic acid groups (broad SMARTS) is 1. The van der Waals surface area contributed by atoms with Crippen LogP contribution >= 0.6 is 0 Å². The molecule has 1 saturated heterocycles. The Labute approximate surface area is 92.8 Å². The average Bonchev–Trinajstić information content (AvgIpc) is 2.63. The van der Waals surface area contributed by atoms with Crippen molar-refractivity contribution in [3.05, 3.63) is 0 Å². The van der Waals surface area contributed by atoms with E-state index in [1.165, 1.54) is 0 Å². The van der Waals surface area contributed by atoms with E-state index in [1.54, 1.807) is 0 Å². The van der Waals surface area contributed by atoms with Crippen molar-refractivity contribution in [2.24, 2.45) is 0 Å². The lowest BCUT2D eigenvalue weighted by molar-refractivity contribution is -0.142. The van der Waals surface area contributed by atoms with Gasteiger partial charge in [-0.05, 0) is 6.42 Å². The van der Waals surface area contributed by atoms with E-state index in [2.05, 4.69) is 10.6 Å². The maximum Gasteiger partial charge on any atom is 0.329 e. The maximum absolute atomic E-state index is 11.4. The van der Waals surface area contributed by atoms with Crippen molar-refractivity contribution >= 4 is 11.9 Å². The summed E-state index contributed by atoms with van der Waals surface area (Å²) in [6.07, 6.45) is -0.0686. The SMILES string of the molecule is O=C(O)COCCNC(=O)C1CC(O)CN1. The Hall–Kier alpha value is -1.18. The van der Waals surface area contributed by atoms with E-state index in [0.717, 1.165) is 0 Å². The van der Waals surface area contributed by atoms with Gasteiger partial charge in [-0.3, -0.25) is 4.79 Å². The van der Waals surface area contributed by atoms with Crippen LogP contribution in [0.1, 0.15) is 6.42 Å². The van der Waals surface area contributed by atoms with Crippen molar-refractivity contribution in [1.29, 1.82) is 0 Å². The first-order chi connectivity index (χ1) is 7.59. The standard InChI is InChI=1S/C9H16N2O5/c12-6-3-7(11-4-6)9(15)10-1-2-16-5-8(13)14/h6-7,11-12H,1-5H2,(H,10,15)(H,13,14). The number of carbonyl (C=O) groups is 2. The van der Waals surface area contributed by atoms with E-state index in [4.69, 9.17) is 9.84 Å². The quantitative estimate of drug-likeness (QED) is 0.392. The minimum Gasteiger partial charge on any atom is -0.480 e. The summed E-state index contributed by atoms with van der Waals surface area (Å²) in [5, 5.41) is 22.9. The van der Waals surface area contributed by atoms with Gasteiger partial charge >= 0.3 is 5.97 Å². The average molecular weight is 232 g/mol. The lowest BCUT2D eigenvalue weighted by Gasteiger charge is -2.10. The molecule has 1 rings (SSSR count). The van der Waals surface area contributed by atoms with Crippen LogP contribution in [0.2, 0.25) is 0 Å². The highest BCUT2D eigenvalue weighted by molar-refractivity contribution is 5.82. The molecule has 0 saturated carbocycles. The zero-order valence-corrected chi connectivity index (χ0v) is 8.81. The van der Waals surface area contributed by atoms with Gasteiger partial charge < -0.3 is 25.6 Å². The number of rotatable bonds is 6. The summed E-state index contributed by atoms with van der Waals surface area (Å²) in [6, 6.07) is -0.366. The molecule has 0 aromatic carbocycles. The van der Waals surface area contributed by atoms with Gasteiger partial charge in [0, 0.05) is 13.1 Å². The third kappa shape index (κ3) is 4.56. The number of hydrogen-bond acceptors (Lipinski definition) is 5. The smallest absolute Gasteiger partial charge is 0.329 e. The Balaban J connectivity index is 2.04. The van der Waals surface area contributed by atoms with Crippen molar-refractivity contribution in [2.75, 3.05) is 26.3 Å². The van der Waals surface area contributed by atoms with E-state index in [0.29, 0.717) is 13.0 Å². The number of hydrogen-bond donors (Lipinski definition) is 4. The summed E-state index contributed by atoms with van der Waals surface area (Å²) in [5.74, 6) is -1.23. The summed E-state index contributed by atoms with van der Waals surface area (Å²) < 4.78 is 4.75. The van der Waals surface area contributed by atoms with Crippen LogP contribution in [0.3, 0.4) is 0 Å². The topological polar surface area (TPSA) is 108 Å². The molecule has 0 aliphatic carbocycles. The molecular formula is C9H16N2O5. The number of β-amino-alcohol motifs (C(OH)–C–C–N with tert-alkyl or cyclic N) is 1. The van der Waals surface area contributed by atoms with Crippen LogP contribution in [0.4, 0.5) is 0 Å². The predicted molar refractivity (Wildman–Crippen MR) is 53.9 cm³/mol. The monoisotopic (exact) mass is 232 g/mol. The molecular weight excluding hydrogens is 216 g/mol. The fourth-order valence-corrected chi connectivity index (χ4v) is 1.45. The number of aliphatic carboxylic acids is 1. The molecule has 0 radical (unpaired) electrons. The van der Waals surface area contributed by atoms with Gasteiger partial charge in [-0.25, -0.2) is 4.79 Å². The number of aliphatic hydroxyl groups excluding tert-OH is 1. The molecule has 7 nitrogen and oxygen atoms in total. The molecule has 1 amide bonds. The minimum atomic E-state index is -1.04. The van der Waals surface area contributed by atoms with Crippen molar-refractivity contribution in [1.82, 2.24) is 10.6 Å². The number of nitrogens with one attached hydrogen (secondary N) is 2. The van der Waals surface area contributed by atoms with Crippen LogP contribution in [0.5, 0.6) is 0 Å². The number of carboxylic acids is 1. The summed E-state index contributed by atoms with van der Waals surface area (Å²) in [6.45, 7) is 0.484. The van der Waals surface area contributed by atoms with Gasteiger partial charge in [0.1, 0.15) is 6.61 Å². The van der Waals surface area contributed by atoms with Gasteiger partial charge in [0.05, 0.1) is 18.8 Å². The molecule has 0 aromatic heterocycles. The fourth-order valence-electron chi connectivity index (χ4n) is 1.45. The van der Waals surface area contributed by atoms with Crippen LogP contribution in [0.25, 0.3) is 0 Å². The number of ether oxygens (including phenoxy) is 1. The highest BCUT2D eigenvalue weighted by atomic mass is 16.5. The van der Waals surface area contributed by atoms with Gasteiger partial charge in [0.15, 0.2) is 0 Å². The second kappa shape index (κ2) is 6.41.